The Bertz CT molecular complexity index is 227. The second-order valence-electron chi connectivity index (χ2n) is 4.37. The number of carbonyl (C=O) groups is 1. The van der Waals surface area contributed by atoms with E-state index in [-0.39, 0.29) is 5.91 Å². The van der Waals surface area contributed by atoms with Gasteiger partial charge in [-0.1, -0.05) is 6.08 Å². The fourth-order valence-electron chi connectivity index (χ4n) is 2.59. The lowest BCUT2D eigenvalue weighted by Gasteiger charge is -2.29. The van der Waals surface area contributed by atoms with Crippen LogP contribution in [0.5, 0.6) is 0 Å². The van der Waals surface area contributed by atoms with Crippen molar-refractivity contribution >= 4 is 5.91 Å². The molecular formula is C11H18N2O. The van der Waals surface area contributed by atoms with Gasteiger partial charge >= 0.3 is 0 Å². The van der Waals surface area contributed by atoms with E-state index in [1.807, 2.05) is 0 Å². The smallest absolute Gasteiger partial charge is 0.224 e. The summed E-state index contributed by atoms with van der Waals surface area (Å²) in [5.74, 6) is 0.117. The molecule has 0 saturated carbocycles. The molecule has 2 N–H and O–H groups in total. The van der Waals surface area contributed by atoms with E-state index >= 15 is 0 Å². The first-order valence-corrected chi connectivity index (χ1v) is 5.44. The Kier molecular flexibility index (Phi) is 2.87. The molecule has 2 bridgehead atoms. The SMILES string of the molecule is C=CCC(=O)NC1CC2CCC(C1)N2. The molecule has 0 aromatic rings. The molecule has 3 nitrogen and oxygen atoms in total. The molecule has 2 aliphatic heterocycles. The summed E-state index contributed by atoms with van der Waals surface area (Å²) in [4.78, 5) is 11.3. The number of rotatable bonds is 3. The fourth-order valence-corrected chi connectivity index (χ4v) is 2.59. The predicted molar refractivity (Wildman–Crippen MR) is 55.9 cm³/mol. The first-order valence-electron chi connectivity index (χ1n) is 5.44. The van der Waals surface area contributed by atoms with Gasteiger partial charge < -0.3 is 10.6 Å². The van der Waals surface area contributed by atoms with E-state index in [0.29, 0.717) is 24.5 Å². The molecule has 2 unspecified atom stereocenters. The third-order valence-electron chi connectivity index (χ3n) is 3.17. The number of nitrogens with one attached hydrogen (secondary N) is 2. The molecule has 2 fully saturated rings. The van der Waals surface area contributed by atoms with Gasteiger partial charge in [0.25, 0.3) is 0 Å². The zero-order chi connectivity index (χ0) is 9.97. The predicted octanol–water partition coefficient (Wildman–Crippen LogP) is 0.962. The zero-order valence-electron chi connectivity index (χ0n) is 8.46. The van der Waals surface area contributed by atoms with Gasteiger partial charge in [-0.05, 0) is 25.7 Å². The molecule has 0 aliphatic carbocycles. The highest BCUT2D eigenvalue weighted by atomic mass is 16.1. The summed E-state index contributed by atoms with van der Waals surface area (Å²) < 4.78 is 0. The lowest BCUT2D eigenvalue weighted by Crippen LogP contribution is -2.47. The first-order chi connectivity index (χ1) is 6.78. The number of fused-ring (bicyclic) bond motifs is 2. The summed E-state index contributed by atoms with van der Waals surface area (Å²) in [6.45, 7) is 3.56. The van der Waals surface area contributed by atoms with Crippen LogP contribution in [-0.2, 0) is 4.79 Å². The van der Waals surface area contributed by atoms with Gasteiger partial charge in [-0.15, -0.1) is 6.58 Å². The van der Waals surface area contributed by atoms with E-state index in [1.165, 1.54) is 12.8 Å². The van der Waals surface area contributed by atoms with Crippen molar-refractivity contribution in [3.63, 3.8) is 0 Å². The van der Waals surface area contributed by atoms with Gasteiger partial charge in [0, 0.05) is 24.5 Å². The molecule has 2 heterocycles. The van der Waals surface area contributed by atoms with Crippen LogP contribution in [0.1, 0.15) is 32.1 Å². The first kappa shape index (κ1) is 9.71. The Hall–Kier alpha value is -0.830. The molecule has 0 radical (unpaired) electrons. The molecule has 2 aliphatic rings. The minimum Gasteiger partial charge on any atom is -0.353 e. The topological polar surface area (TPSA) is 41.1 Å². The molecule has 2 atom stereocenters. The van der Waals surface area contributed by atoms with Gasteiger partial charge in [0.15, 0.2) is 0 Å². The van der Waals surface area contributed by atoms with E-state index in [2.05, 4.69) is 17.2 Å². The van der Waals surface area contributed by atoms with Crippen molar-refractivity contribution in [1.82, 2.24) is 10.6 Å². The largest absolute Gasteiger partial charge is 0.353 e. The summed E-state index contributed by atoms with van der Waals surface area (Å²) in [5.41, 5.74) is 0. The quantitative estimate of drug-likeness (QED) is 0.657. The average molecular weight is 194 g/mol. The minimum absolute atomic E-state index is 0.117. The highest BCUT2D eigenvalue weighted by Crippen LogP contribution is 2.26. The van der Waals surface area contributed by atoms with Crippen LogP contribution < -0.4 is 10.6 Å². The average Bonchev–Trinajstić information content (AvgIpc) is 2.46. The lowest BCUT2D eigenvalue weighted by molar-refractivity contribution is -0.121. The standard InChI is InChI=1S/C11H18N2O/c1-2-3-11(14)13-10-6-8-4-5-9(7-10)12-8/h2,8-10,12H,1,3-7H2,(H,13,14). The summed E-state index contributed by atoms with van der Waals surface area (Å²) >= 11 is 0. The normalized spacial score (nSPS) is 35.3. The van der Waals surface area contributed by atoms with Crippen molar-refractivity contribution in [2.75, 3.05) is 0 Å². The van der Waals surface area contributed by atoms with Crippen molar-refractivity contribution in [1.29, 1.82) is 0 Å². The Morgan fingerprint density at radius 1 is 1.43 bits per heavy atom. The van der Waals surface area contributed by atoms with Crippen LogP contribution in [0.25, 0.3) is 0 Å². The van der Waals surface area contributed by atoms with Crippen LogP contribution in [0.2, 0.25) is 0 Å². The third-order valence-corrected chi connectivity index (χ3v) is 3.17. The van der Waals surface area contributed by atoms with Crippen LogP contribution in [-0.4, -0.2) is 24.0 Å². The molecule has 78 valence electrons. The summed E-state index contributed by atoms with van der Waals surface area (Å²) in [5, 5.41) is 6.62. The number of piperidine rings is 1. The van der Waals surface area contributed by atoms with Crippen molar-refractivity contribution in [2.24, 2.45) is 0 Å². The minimum atomic E-state index is 0.117. The van der Waals surface area contributed by atoms with E-state index < -0.39 is 0 Å². The van der Waals surface area contributed by atoms with Gasteiger partial charge in [0.05, 0.1) is 0 Å². The second kappa shape index (κ2) is 4.13. The van der Waals surface area contributed by atoms with Crippen molar-refractivity contribution in [3.8, 4) is 0 Å². The van der Waals surface area contributed by atoms with Crippen LogP contribution in [0.4, 0.5) is 0 Å². The number of carbonyl (C=O) groups excluding carboxylic acids is 1. The highest BCUT2D eigenvalue weighted by Gasteiger charge is 2.33. The highest BCUT2D eigenvalue weighted by molar-refractivity contribution is 5.77. The molecule has 0 spiro atoms. The Morgan fingerprint density at radius 3 is 2.64 bits per heavy atom. The van der Waals surface area contributed by atoms with Gasteiger partial charge in [-0.2, -0.15) is 0 Å². The molecule has 3 heteroatoms. The maximum Gasteiger partial charge on any atom is 0.224 e. The number of hydrogen-bond acceptors (Lipinski definition) is 2. The molecule has 0 aromatic carbocycles. The van der Waals surface area contributed by atoms with Crippen LogP contribution >= 0.6 is 0 Å². The molecule has 1 amide bonds. The van der Waals surface area contributed by atoms with E-state index in [0.717, 1.165) is 12.8 Å². The number of amides is 1. The number of hydrogen-bond donors (Lipinski definition) is 2. The molecule has 0 aromatic heterocycles. The van der Waals surface area contributed by atoms with E-state index in [9.17, 15) is 4.79 Å². The van der Waals surface area contributed by atoms with Gasteiger partial charge in [-0.3, -0.25) is 4.79 Å². The zero-order valence-corrected chi connectivity index (χ0v) is 8.46. The Morgan fingerprint density at radius 2 is 2.07 bits per heavy atom. The van der Waals surface area contributed by atoms with Crippen molar-refractivity contribution in [2.45, 2.75) is 50.2 Å². The van der Waals surface area contributed by atoms with Crippen molar-refractivity contribution < 1.29 is 4.79 Å². The van der Waals surface area contributed by atoms with Crippen LogP contribution in [0.3, 0.4) is 0 Å². The summed E-state index contributed by atoms with van der Waals surface area (Å²) in [7, 11) is 0. The lowest BCUT2D eigenvalue weighted by atomic mass is 10.00. The molecule has 2 rings (SSSR count). The van der Waals surface area contributed by atoms with E-state index in [1.54, 1.807) is 6.08 Å². The van der Waals surface area contributed by atoms with Crippen LogP contribution in [0, 0.1) is 0 Å². The molecule has 2 saturated heterocycles. The summed E-state index contributed by atoms with van der Waals surface area (Å²) in [6, 6.07) is 1.67. The summed E-state index contributed by atoms with van der Waals surface area (Å²) in [6.07, 6.45) is 6.85. The maximum absolute atomic E-state index is 11.3. The van der Waals surface area contributed by atoms with Gasteiger partial charge in [-0.25, -0.2) is 0 Å². The van der Waals surface area contributed by atoms with E-state index in [4.69, 9.17) is 0 Å². The van der Waals surface area contributed by atoms with Crippen LogP contribution in [0.15, 0.2) is 12.7 Å². The third kappa shape index (κ3) is 2.15. The van der Waals surface area contributed by atoms with Gasteiger partial charge in [0.2, 0.25) is 5.91 Å². The monoisotopic (exact) mass is 194 g/mol. The second-order valence-corrected chi connectivity index (χ2v) is 4.37. The fraction of sp³-hybridized carbons (Fsp3) is 0.727. The maximum atomic E-state index is 11.3. The van der Waals surface area contributed by atoms with Gasteiger partial charge in [0.1, 0.15) is 0 Å². The molecular weight excluding hydrogens is 176 g/mol. The Balaban J connectivity index is 1.81. The Labute approximate surface area is 84.9 Å². The molecule has 14 heavy (non-hydrogen) atoms. The van der Waals surface area contributed by atoms with Crippen molar-refractivity contribution in [3.05, 3.63) is 12.7 Å².